The molecule has 0 fully saturated rings. The first-order valence-electron chi connectivity index (χ1n) is 10.0. The summed E-state index contributed by atoms with van der Waals surface area (Å²) >= 11 is 3.44. The number of hydrogen-bond donors (Lipinski definition) is 0. The Hall–Kier alpha value is -3.50. The Labute approximate surface area is 188 Å². The Morgan fingerprint density at radius 1 is 1.10 bits per heavy atom. The summed E-state index contributed by atoms with van der Waals surface area (Å²) in [7, 11) is 0. The van der Waals surface area contributed by atoms with E-state index in [1.165, 1.54) is 0 Å². The van der Waals surface area contributed by atoms with Crippen LogP contribution in [0.3, 0.4) is 0 Å². The minimum atomic E-state index is -0.453. The van der Waals surface area contributed by atoms with Crippen molar-refractivity contribution in [2.45, 2.75) is 25.2 Å². The fourth-order valence-corrected chi connectivity index (χ4v) is 4.63. The van der Waals surface area contributed by atoms with Gasteiger partial charge in [0.1, 0.15) is 11.6 Å². The van der Waals surface area contributed by atoms with Gasteiger partial charge in [-0.2, -0.15) is 5.26 Å². The van der Waals surface area contributed by atoms with E-state index >= 15 is 0 Å². The molecule has 0 amide bonds. The molecule has 0 aromatic carbocycles. The topological polar surface area (TPSA) is 74.8 Å². The summed E-state index contributed by atoms with van der Waals surface area (Å²) in [6, 6.07) is 13.9. The Kier molecular flexibility index (Phi) is 5.00. The number of aromatic nitrogens is 3. The molecule has 0 saturated carbocycles. The number of allylic oxidation sites excluding steroid dienone is 3. The fourth-order valence-electron chi connectivity index (χ4n) is 4.40. The molecule has 31 heavy (non-hydrogen) atoms. The van der Waals surface area contributed by atoms with E-state index < -0.39 is 5.92 Å². The number of carbonyl (C=O) groups excluding carboxylic acids is 1. The summed E-state index contributed by atoms with van der Waals surface area (Å²) in [5.41, 5.74) is 2.93. The summed E-state index contributed by atoms with van der Waals surface area (Å²) in [5, 5.41) is 10.3. The molecule has 3 aromatic rings. The first-order chi connectivity index (χ1) is 15.2. The molecule has 0 N–H and O–H groups in total. The maximum Gasteiger partial charge on any atom is 0.161 e. The average Bonchev–Trinajstić information content (AvgIpc) is 3.33. The molecule has 5 rings (SSSR count). The van der Waals surface area contributed by atoms with Crippen molar-refractivity contribution in [3.8, 4) is 6.07 Å². The van der Waals surface area contributed by atoms with Gasteiger partial charge >= 0.3 is 0 Å². The van der Waals surface area contributed by atoms with Gasteiger partial charge in [-0.1, -0.05) is 6.07 Å². The van der Waals surface area contributed by atoms with Crippen LogP contribution in [0.15, 0.2) is 88.7 Å². The number of carbonyl (C=O) groups is 1. The van der Waals surface area contributed by atoms with Crippen LogP contribution in [-0.4, -0.2) is 20.3 Å². The molecular weight excluding hydrogens is 454 g/mol. The zero-order valence-corrected chi connectivity index (χ0v) is 18.2. The van der Waals surface area contributed by atoms with Gasteiger partial charge in [-0.15, -0.1) is 0 Å². The van der Waals surface area contributed by atoms with E-state index in [1.54, 1.807) is 18.6 Å². The number of halogens is 1. The SMILES string of the molecule is N#CC1=C(n2cccc2)N(c2ccc(Br)cn2)C2=C(C(=O)CCC2)[C@@H]1c1cccnc1. The predicted octanol–water partition coefficient (Wildman–Crippen LogP) is 5.04. The minimum Gasteiger partial charge on any atom is -0.309 e. The molecule has 6 nitrogen and oxygen atoms in total. The quantitative estimate of drug-likeness (QED) is 0.534. The molecule has 0 unspecified atom stereocenters. The van der Waals surface area contributed by atoms with Gasteiger partial charge in [0.15, 0.2) is 5.78 Å². The van der Waals surface area contributed by atoms with Gasteiger partial charge in [-0.25, -0.2) is 4.98 Å². The van der Waals surface area contributed by atoms with Gasteiger partial charge in [0.05, 0.1) is 17.6 Å². The van der Waals surface area contributed by atoms with Gasteiger partial charge in [-0.05, 0) is 64.7 Å². The summed E-state index contributed by atoms with van der Waals surface area (Å²) in [6.07, 6.45) is 11.0. The summed E-state index contributed by atoms with van der Waals surface area (Å²) in [5.74, 6) is 0.998. The van der Waals surface area contributed by atoms with Crippen LogP contribution in [0.5, 0.6) is 0 Å². The highest BCUT2D eigenvalue weighted by Crippen LogP contribution is 2.48. The number of Topliss-reactive ketones (excluding diaryl/α,β-unsaturated/α-hetero) is 1. The smallest absolute Gasteiger partial charge is 0.161 e. The maximum atomic E-state index is 13.2. The van der Waals surface area contributed by atoms with Crippen LogP contribution in [-0.2, 0) is 4.79 Å². The second-order valence-electron chi connectivity index (χ2n) is 7.47. The van der Waals surface area contributed by atoms with Crippen molar-refractivity contribution in [3.63, 3.8) is 0 Å². The molecule has 0 spiro atoms. The lowest BCUT2D eigenvalue weighted by atomic mass is 9.76. The lowest BCUT2D eigenvalue weighted by molar-refractivity contribution is -0.116. The zero-order chi connectivity index (χ0) is 21.4. The van der Waals surface area contributed by atoms with E-state index in [0.29, 0.717) is 29.2 Å². The Bertz CT molecular complexity index is 1240. The first kappa shape index (κ1) is 19.5. The summed E-state index contributed by atoms with van der Waals surface area (Å²) in [4.78, 5) is 24.1. The highest BCUT2D eigenvalue weighted by atomic mass is 79.9. The third kappa shape index (κ3) is 3.29. The zero-order valence-electron chi connectivity index (χ0n) is 16.6. The van der Waals surface area contributed by atoms with Gasteiger partial charge in [0.2, 0.25) is 0 Å². The molecule has 4 heterocycles. The second kappa shape index (κ2) is 7.97. The van der Waals surface area contributed by atoms with Gasteiger partial charge in [0.25, 0.3) is 0 Å². The van der Waals surface area contributed by atoms with Crippen molar-refractivity contribution in [2.24, 2.45) is 0 Å². The number of ketones is 1. The van der Waals surface area contributed by atoms with Crippen LogP contribution in [0.25, 0.3) is 5.82 Å². The van der Waals surface area contributed by atoms with Gasteiger partial charge < -0.3 is 4.57 Å². The number of rotatable bonds is 3. The Morgan fingerprint density at radius 3 is 2.61 bits per heavy atom. The van der Waals surface area contributed by atoms with Crippen LogP contribution < -0.4 is 4.90 Å². The van der Waals surface area contributed by atoms with E-state index in [9.17, 15) is 10.1 Å². The maximum absolute atomic E-state index is 13.2. The first-order valence-corrected chi connectivity index (χ1v) is 10.8. The number of pyridine rings is 2. The van der Waals surface area contributed by atoms with Crippen LogP contribution >= 0.6 is 15.9 Å². The van der Waals surface area contributed by atoms with Crippen LogP contribution in [0, 0.1) is 11.3 Å². The third-order valence-electron chi connectivity index (χ3n) is 5.66. The predicted molar refractivity (Wildman–Crippen MR) is 121 cm³/mol. The monoisotopic (exact) mass is 471 g/mol. The lowest BCUT2D eigenvalue weighted by Crippen LogP contribution is -2.37. The second-order valence-corrected chi connectivity index (χ2v) is 8.38. The molecule has 152 valence electrons. The van der Waals surface area contributed by atoms with Gasteiger partial charge in [-0.3, -0.25) is 14.7 Å². The number of nitriles is 1. The van der Waals surface area contributed by atoms with E-state index in [1.807, 2.05) is 58.3 Å². The van der Waals surface area contributed by atoms with Crippen molar-refractivity contribution in [2.75, 3.05) is 4.90 Å². The number of hydrogen-bond acceptors (Lipinski definition) is 5. The highest BCUT2D eigenvalue weighted by Gasteiger charge is 2.42. The average molecular weight is 472 g/mol. The van der Waals surface area contributed by atoms with Crippen molar-refractivity contribution in [1.82, 2.24) is 14.5 Å². The van der Waals surface area contributed by atoms with Crippen LogP contribution in [0.4, 0.5) is 5.82 Å². The molecule has 0 saturated heterocycles. The number of anilines is 1. The fraction of sp³-hybridized carbons (Fsp3) is 0.167. The molecule has 1 aliphatic heterocycles. The molecule has 1 atom stereocenters. The van der Waals surface area contributed by atoms with Crippen molar-refractivity contribution < 1.29 is 4.79 Å². The standard InChI is InChI=1S/C24H18BrN5O/c25-17-8-9-21(28-15-17)30-19-6-3-7-20(31)23(19)22(16-5-4-10-27-14-16)18(13-26)24(30)29-11-1-2-12-29/h1-2,4-5,8-12,14-15,22H,3,6-7H2/t22-/m1/s1. The van der Waals surface area contributed by atoms with Crippen LogP contribution in [0.1, 0.15) is 30.7 Å². The van der Waals surface area contributed by atoms with E-state index in [-0.39, 0.29) is 5.78 Å². The van der Waals surface area contributed by atoms with E-state index in [0.717, 1.165) is 28.6 Å². The van der Waals surface area contributed by atoms with Crippen molar-refractivity contribution in [3.05, 3.63) is 94.3 Å². The van der Waals surface area contributed by atoms with Crippen molar-refractivity contribution >= 4 is 33.4 Å². The Balaban J connectivity index is 1.84. The van der Waals surface area contributed by atoms with Crippen molar-refractivity contribution in [1.29, 1.82) is 5.26 Å². The minimum absolute atomic E-state index is 0.0801. The number of nitrogens with zero attached hydrogens (tertiary/aromatic N) is 5. The molecule has 3 aromatic heterocycles. The van der Waals surface area contributed by atoms with E-state index in [4.69, 9.17) is 0 Å². The lowest BCUT2D eigenvalue weighted by Gasteiger charge is -2.40. The molecule has 2 aliphatic rings. The van der Waals surface area contributed by atoms with E-state index in [2.05, 4.69) is 32.0 Å². The molecular formula is C24H18BrN5O. The molecule has 0 bridgehead atoms. The normalized spacial score (nSPS) is 18.8. The summed E-state index contributed by atoms with van der Waals surface area (Å²) in [6.45, 7) is 0. The molecule has 7 heteroatoms. The van der Waals surface area contributed by atoms with Crippen LogP contribution in [0.2, 0.25) is 0 Å². The van der Waals surface area contributed by atoms with Gasteiger partial charge in [0, 0.05) is 53.1 Å². The Morgan fingerprint density at radius 2 is 1.94 bits per heavy atom. The third-order valence-corrected chi connectivity index (χ3v) is 6.13. The largest absolute Gasteiger partial charge is 0.309 e. The summed E-state index contributed by atoms with van der Waals surface area (Å²) < 4.78 is 2.79. The highest BCUT2D eigenvalue weighted by molar-refractivity contribution is 9.10. The molecule has 1 aliphatic carbocycles. The molecule has 0 radical (unpaired) electrons.